The Morgan fingerprint density at radius 1 is 1.48 bits per heavy atom. The molecule has 0 radical (unpaired) electrons. The molecular weight excluding hydrogens is 312 g/mol. The number of carbonyl (C=O) groups excluding carboxylic acids is 1. The van der Waals surface area contributed by atoms with E-state index >= 15 is 0 Å². The smallest absolute Gasteiger partial charge is 0.180 e. The summed E-state index contributed by atoms with van der Waals surface area (Å²) in [6.07, 6.45) is 3.57. The van der Waals surface area contributed by atoms with Crippen LogP contribution in [-0.4, -0.2) is 40.7 Å². The Morgan fingerprint density at radius 2 is 2.14 bits per heavy atom. The molecule has 2 rings (SSSR count). The molecule has 1 fully saturated rings. The second-order valence-electron chi connectivity index (χ2n) is 5.19. The number of Topliss-reactive ketones (excluding diaryl/α,β-unsaturated/α-hetero) is 1. The number of nitrogens with one attached hydrogen (secondary N) is 1. The van der Waals surface area contributed by atoms with Crippen molar-refractivity contribution in [3.8, 4) is 0 Å². The Bertz CT molecular complexity index is 633. The molecule has 1 heterocycles. The van der Waals surface area contributed by atoms with Gasteiger partial charge in [0.2, 0.25) is 0 Å². The monoisotopic (exact) mass is 332 g/mol. The molecule has 6 nitrogen and oxygen atoms in total. The number of sulfone groups is 1. The average Bonchev–Trinajstić information content (AvgIpc) is 3.17. The number of anilines is 2. The average molecular weight is 332 g/mol. The van der Waals surface area contributed by atoms with Crippen LogP contribution in [0.3, 0.4) is 0 Å². The maximum Gasteiger partial charge on any atom is 0.180 e. The molecule has 0 spiro atoms. The first-order chi connectivity index (χ1) is 9.86. The first kappa shape index (κ1) is 16.3. The summed E-state index contributed by atoms with van der Waals surface area (Å²) in [5.41, 5.74) is 6.02. The van der Waals surface area contributed by atoms with Crippen molar-refractivity contribution < 1.29 is 17.9 Å². The van der Waals surface area contributed by atoms with Crippen LogP contribution in [0.2, 0.25) is 0 Å². The van der Waals surface area contributed by atoms with Crippen molar-refractivity contribution in [2.75, 3.05) is 37.6 Å². The number of nitrogen functional groups attached to an aromatic ring is 1. The van der Waals surface area contributed by atoms with Gasteiger partial charge in [-0.25, -0.2) is 8.42 Å². The zero-order chi connectivity index (χ0) is 15.6. The van der Waals surface area contributed by atoms with E-state index in [0.717, 1.165) is 36.9 Å². The van der Waals surface area contributed by atoms with Gasteiger partial charge in [0.25, 0.3) is 0 Å². The third-order valence-corrected chi connectivity index (χ3v) is 5.73. The molecular formula is C13H20N2O4S2. The highest BCUT2D eigenvalue weighted by atomic mass is 32.2. The van der Waals surface area contributed by atoms with E-state index in [4.69, 9.17) is 10.5 Å². The molecule has 0 amide bonds. The van der Waals surface area contributed by atoms with E-state index < -0.39 is 9.84 Å². The second-order valence-corrected chi connectivity index (χ2v) is 8.16. The Kier molecular flexibility index (Phi) is 4.90. The Hall–Kier alpha value is -1.12. The lowest BCUT2D eigenvalue weighted by atomic mass is 10.2. The molecule has 118 valence electrons. The normalized spacial score (nSPS) is 15.1. The number of carbonyl (C=O) groups is 1. The minimum atomic E-state index is -3.49. The zero-order valence-corrected chi connectivity index (χ0v) is 13.8. The van der Waals surface area contributed by atoms with Gasteiger partial charge in [0, 0.05) is 32.4 Å². The van der Waals surface area contributed by atoms with Gasteiger partial charge in [0.05, 0.1) is 10.6 Å². The molecule has 0 aliphatic heterocycles. The molecule has 8 heteroatoms. The molecule has 0 aromatic carbocycles. The van der Waals surface area contributed by atoms with Gasteiger partial charge in [-0.15, -0.1) is 11.3 Å². The highest BCUT2D eigenvalue weighted by Gasteiger charge is 2.35. The minimum Gasteiger partial charge on any atom is -0.396 e. The lowest BCUT2D eigenvalue weighted by molar-refractivity contribution is 0.0972. The van der Waals surface area contributed by atoms with Gasteiger partial charge in [-0.2, -0.15) is 0 Å². The van der Waals surface area contributed by atoms with Gasteiger partial charge >= 0.3 is 0 Å². The Labute approximate surface area is 128 Å². The third-order valence-electron chi connectivity index (χ3n) is 3.25. The maximum atomic E-state index is 12.2. The van der Waals surface area contributed by atoms with Crippen LogP contribution in [-0.2, 0) is 14.6 Å². The number of ether oxygens (including phenoxy) is 1. The summed E-state index contributed by atoms with van der Waals surface area (Å²) in [7, 11) is -1.88. The lowest BCUT2D eigenvalue weighted by Crippen LogP contribution is -2.08. The minimum absolute atomic E-state index is 0.0136. The quantitative estimate of drug-likeness (QED) is 0.556. The van der Waals surface area contributed by atoms with Crippen LogP contribution in [0, 0.1) is 5.92 Å². The van der Waals surface area contributed by atoms with Crippen molar-refractivity contribution in [2.45, 2.75) is 24.2 Å². The topological polar surface area (TPSA) is 98.5 Å². The molecule has 21 heavy (non-hydrogen) atoms. The third kappa shape index (κ3) is 3.75. The molecule has 0 bridgehead atoms. The number of ketones is 1. The summed E-state index contributed by atoms with van der Waals surface area (Å²) < 4.78 is 28.8. The predicted octanol–water partition coefficient (Wildman–Crippen LogP) is 1.77. The van der Waals surface area contributed by atoms with Crippen molar-refractivity contribution in [3.63, 3.8) is 0 Å². The fraction of sp³-hybridized carbons (Fsp3) is 0.615. The SMILES string of the molecule is COCCCNc1sc(C(=O)C2CC2)c(N)c1S(C)(=O)=O. The number of hydrogen-bond donors (Lipinski definition) is 2. The number of thiophene rings is 1. The Balaban J connectivity index is 2.28. The molecule has 3 N–H and O–H groups in total. The zero-order valence-electron chi connectivity index (χ0n) is 12.1. The van der Waals surface area contributed by atoms with E-state index in [1.54, 1.807) is 7.11 Å². The van der Waals surface area contributed by atoms with E-state index in [0.29, 0.717) is 23.0 Å². The fourth-order valence-corrected chi connectivity index (χ4v) is 4.66. The number of nitrogens with two attached hydrogens (primary N) is 1. The standard InChI is InChI=1S/C13H20N2O4S2/c1-19-7-3-6-15-13-12(21(2,17)18)9(14)11(20-13)10(16)8-4-5-8/h8,15H,3-7,14H2,1-2H3. The molecule has 0 atom stereocenters. The van der Waals surface area contributed by atoms with Crippen molar-refractivity contribution in [3.05, 3.63) is 4.88 Å². The highest BCUT2D eigenvalue weighted by molar-refractivity contribution is 7.91. The van der Waals surface area contributed by atoms with Crippen LogP contribution in [0.15, 0.2) is 4.90 Å². The molecule has 1 aliphatic rings. The van der Waals surface area contributed by atoms with Gasteiger partial charge in [0.1, 0.15) is 9.90 Å². The van der Waals surface area contributed by atoms with Gasteiger partial charge in [-0.05, 0) is 19.3 Å². The van der Waals surface area contributed by atoms with Crippen LogP contribution >= 0.6 is 11.3 Å². The largest absolute Gasteiger partial charge is 0.396 e. The summed E-state index contributed by atoms with van der Waals surface area (Å²) in [5.74, 6) is -0.0213. The van der Waals surface area contributed by atoms with Crippen molar-refractivity contribution >= 4 is 37.6 Å². The second kappa shape index (κ2) is 6.33. The van der Waals surface area contributed by atoms with E-state index in [1.165, 1.54) is 0 Å². The van der Waals surface area contributed by atoms with Crippen LogP contribution < -0.4 is 11.1 Å². The van der Waals surface area contributed by atoms with Crippen LogP contribution in [0.5, 0.6) is 0 Å². The first-order valence-corrected chi connectivity index (χ1v) is 9.46. The van der Waals surface area contributed by atoms with Crippen molar-refractivity contribution in [2.24, 2.45) is 5.92 Å². The van der Waals surface area contributed by atoms with E-state index in [1.807, 2.05) is 0 Å². The summed E-state index contributed by atoms with van der Waals surface area (Å²) in [4.78, 5) is 12.6. The van der Waals surface area contributed by atoms with Crippen LogP contribution in [0.4, 0.5) is 10.7 Å². The van der Waals surface area contributed by atoms with Crippen molar-refractivity contribution in [1.29, 1.82) is 0 Å². The number of hydrogen-bond acceptors (Lipinski definition) is 7. The molecule has 1 saturated carbocycles. The molecule has 0 saturated heterocycles. The number of methoxy groups -OCH3 is 1. The van der Waals surface area contributed by atoms with Crippen LogP contribution in [0.25, 0.3) is 0 Å². The summed E-state index contributed by atoms with van der Waals surface area (Å²) in [5, 5.41) is 3.51. The van der Waals surface area contributed by atoms with E-state index in [2.05, 4.69) is 5.32 Å². The summed E-state index contributed by atoms with van der Waals surface area (Å²) in [6.45, 7) is 1.14. The van der Waals surface area contributed by atoms with Gasteiger partial charge in [-0.1, -0.05) is 0 Å². The number of rotatable bonds is 8. The Morgan fingerprint density at radius 3 is 2.67 bits per heavy atom. The van der Waals surface area contributed by atoms with Gasteiger partial charge in [0.15, 0.2) is 15.6 Å². The van der Waals surface area contributed by atoms with Gasteiger partial charge in [-0.3, -0.25) is 4.79 Å². The first-order valence-electron chi connectivity index (χ1n) is 6.75. The summed E-state index contributed by atoms with van der Waals surface area (Å²) >= 11 is 1.14. The molecule has 0 unspecified atom stereocenters. The van der Waals surface area contributed by atoms with E-state index in [-0.39, 0.29) is 22.3 Å². The van der Waals surface area contributed by atoms with Gasteiger partial charge < -0.3 is 15.8 Å². The van der Waals surface area contributed by atoms with Crippen molar-refractivity contribution in [1.82, 2.24) is 0 Å². The highest BCUT2D eigenvalue weighted by Crippen LogP contribution is 2.43. The summed E-state index contributed by atoms with van der Waals surface area (Å²) in [6, 6.07) is 0. The molecule has 1 aliphatic carbocycles. The van der Waals surface area contributed by atoms with E-state index in [9.17, 15) is 13.2 Å². The van der Waals surface area contributed by atoms with Crippen LogP contribution in [0.1, 0.15) is 28.9 Å². The fourth-order valence-electron chi connectivity index (χ4n) is 2.05. The molecule has 1 aromatic rings. The lowest BCUT2D eigenvalue weighted by Gasteiger charge is -2.06. The predicted molar refractivity (Wildman–Crippen MR) is 83.9 cm³/mol. The maximum absolute atomic E-state index is 12.2. The molecule has 1 aromatic heterocycles.